The van der Waals surface area contributed by atoms with Crippen LogP contribution >= 0.6 is 22.9 Å². The highest BCUT2D eigenvalue weighted by Crippen LogP contribution is 2.32. The van der Waals surface area contributed by atoms with E-state index in [1.165, 1.54) is 0 Å². The Labute approximate surface area is 159 Å². The number of nitrogens with zero attached hydrogens (tertiary/aromatic N) is 3. The van der Waals surface area contributed by atoms with Crippen molar-refractivity contribution in [2.45, 2.75) is 13.0 Å². The fraction of sp³-hybridized carbons (Fsp3) is 0.278. The third-order valence-electron chi connectivity index (χ3n) is 4.38. The number of urea groups is 1. The van der Waals surface area contributed by atoms with E-state index in [4.69, 9.17) is 21.3 Å². The molecule has 1 N–H and O–H groups in total. The minimum absolute atomic E-state index is 0.204. The number of morpholine rings is 1. The number of aromatic nitrogens is 2. The maximum Gasteiger partial charge on any atom is 0.322 e. The number of fused-ring (bicyclic) bond motifs is 1. The van der Waals surface area contributed by atoms with Crippen LogP contribution in [0.4, 0.5) is 10.5 Å². The number of rotatable bonds is 2. The van der Waals surface area contributed by atoms with Crippen LogP contribution < -0.4 is 5.32 Å². The number of anilines is 1. The summed E-state index contributed by atoms with van der Waals surface area (Å²) in [6, 6.07) is 7.54. The minimum atomic E-state index is -0.214. The van der Waals surface area contributed by atoms with Crippen molar-refractivity contribution in [3.8, 4) is 0 Å². The number of amides is 2. The topological polar surface area (TPSA) is 67.4 Å². The summed E-state index contributed by atoms with van der Waals surface area (Å²) in [6.45, 7) is 3.28. The normalized spacial score (nSPS) is 17.5. The summed E-state index contributed by atoms with van der Waals surface area (Å²) in [6.07, 6.45) is 3.16. The number of para-hydroxylation sites is 1. The number of nitrogens with one attached hydrogen (secondary N) is 1. The van der Waals surface area contributed by atoms with Gasteiger partial charge in [0.15, 0.2) is 0 Å². The number of ether oxygens (including phenoxy) is 1. The second-order valence-electron chi connectivity index (χ2n) is 6.03. The first-order valence-corrected chi connectivity index (χ1v) is 9.44. The molecule has 6 nitrogen and oxygen atoms in total. The highest BCUT2D eigenvalue weighted by Gasteiger charge is 2.31. The number of thiazole rings is 1. The Morgan fingerprint density at radius 1 is 1.38 bits per heavy atom. The van der Waals surface area contributed by atoms with Crippen molar-refractivity contribution < 1.29 is 9.53 Å². The Kier molecular flexibility index (Phi) is 4.76. The lowest BCUT2D eigenvalue weighted by Crippen LogP contribution is -2.45. The van der Waals surface area contributed by atoms with Gasteiger partial charge < -0.3 is 15.0 Å². The van der Waals surface area contributed by atoms with Gasteiger partial charge in [0.2, 0.25) is 0 Å². The summed E-state index contributed by atoms with van der Waals surface area (Å²) in [4.78, 5) is 23.4. The molecule has 1 saturated heterocycles. The third-order valence-corrected chi connectivity index (χ3v) is 5.90. The number of hydrogen-bond donors (Lipinski definition) is 1. The third kappa shape index (κ3) is 3.25. The standard InChI is InChI=1S/C18H17ClN4O2S/c1-11-12(19)8-20-9-14(11)22-18(24)23-6-7-25-10-15(23)17-21-13-4-2-3-5-16(13)26-17/h2-5,8-9,15H,6-7,10H2,1H3,(H,22,24). The first-order valence-electron chi connectivity index (χ1n) is 8.24. The van der Waals surface area contributed by atoms with Crippen molar-refractivity contribution in [3.05, 3.63) is 52.3 Å². The summed E-state index contributed by atoms with van der Waals surface area (Å²) in [5.74, 6) is 0. The molecular weight excluding hydrogens is 372 g/mol. The second kappa shape index (κ2) is 7.19. The van der Waals surface area contributed by atoms with Crippen molar-refractivity contribution in [2.75, 3.05) is 25.1 Å². The molecule has 1 unspecified atom stereocenters. The maximum absolute atomic E-state index is 12.9. The minimum Gasteiger partial charge on any atom is -0.377 e. The van der Waals surface area contributed by atoms with Crippen molar-refractivity contribution in [1.29, 1.82) is 0 Å². The van der Waals surface area contributed by atoms with E-state index in [-0.39, 0.29) is 12.1 Å². The molecule has 26 heavy (non-hydrogen) atoms. The van der Waals surface area contributed by atoms with E-state index in [1.807, 2.05) is 31.2 Å². The molecule has 3 aromatic rings. The van der Waals surface area contributed by atoms with Gasteiger partial charge in [0.1, 0.15) is 11.0 Å². The Hall–Kier alpha value is -2.22. The number of benzene rings is 1. The first kappa shape index (κ1) is 17.2. The molecule has 4 rings (SSSR count). The van der Waals surface area contributed by atoms with Gasteiger partial charge in [-0.3, -0.25) is 4.98 Å². The first-order chi connectivity index (χ1) is 12.6. The Morgan fingerprint density at radius 3 is 3.08 bits per heavy atom. The van der Waals surface area contributed by atoms with Crippen molar-refractivity contribution in [1.82, 2.24) is 14.9 Å². The van der Waals surface area contributed by atoms with Crippen LogP contribution in [0.2, 0.25) is 5.02 Å². The van der Waals surface area contributed by atoms with Gasteiger partial charge in [0.05, 0.1) is 40.3 Å². The van der Waals surface area contributed by atoms with Crippen molar-refractivity contribution in [2.24, 2.45) is 0 Å². The summed E-state index contributed by atoms with van der Waals surface area (Å²) in [5.41, 5.74) is 2.34. The van der Waals surface area contributed by atoms with Crippen molar-refractivity contribution in [3.63, 3.8) is 0 Å². The van der Waals surface area contributed by atoms with Crippen LogP contribution in [-0.2, 0) is 4.74 Å². The molecule has 1 atom stereocenters. The Morgan fingerprint density at radius 2 is 2.23 bits per heavy atom. The second-order valence-corrected chi connectivity index (χ2v) is 7.50. The van der Waals surface area contributed by atoms with Gasteiger partial charge in [-0.05, 0) is 24.6 Å². The molecule has 0 bridgehead atoms. The highest BCUT2D eigenvalue weighted by atomic mass is 35.5. The summed E-state index contributed by atoms with van der Waals surface area (Å²) < 4.78 is 6.72. The molecule has 0 spiro atoms. The molecular formula is C18H17ClN4O2S. The quantitative estimate of drug-likeness (QED) is 0.712. The maximum atomic E-state index is 12.9. The van der Waals surface area contributed by atoms with Gasteiger partial charge in [0, 0.05) is 12.7 Å². The van der Waals surface area contributed by atoms with Gasteiger partial charge in [-0.2, -0.15) is 0 Å². The predicted molar refractivity (Wildman–Crippen MR) is 103 cm³/mol. The predicted octanol–water partition coefficient (Wildman–Crippen LogP) is 4.26. The average molecular weight is 389 g/mol. The monoisotopic (exact) mass is 388 g/mol. The lowest BCUT2D eigenvalue weighted by molar-refractivity contribution is 0.0147. The van der Waals surface area contributed by atoms with Crippen LogP contribution in [0.3, 0.4) is 0 Å². The summed E-state index contributed by atoms with van der Waals surface area (Å²) in [7, 11) is 0. The highest BCUT2D eigenvalue weighted by molar-refractivity contribution is 7.18. The largest absolute Gasteiger partial charge is 0.377 e. The van der Waals surface area contributed by atoms with Crippen LogP contribution in [0.5, 0.6) is 0 Å². The molecule has 1 aromatic carbocycles. The van der Waals surface area contributed by atoms with E-state index in [9.17, 15) is 4.79 Å². The molecule has 1 aliphatic rings. The smallest absolute Gasteiger partial charge is 0.322 e. The van der Waals surface area contributed by atoms with Crippen LogP contribution in [-0.4, -0.2) is 40.7 Å². The summed E-state index contributed by atoms with van der Waals surface area (Å²) in [5, 5.41) is 4.31. The van der Waals surface area contributed by atoms with Gasteiger partial charge in [-0.1, -0.05) is 23.7 Å². The molecule has 0 saturated carbocycles. The number of carbonyl (C=O) groups excluding carboxylic acids is 1. The molecule has 0 radical (unpaired) electrons. The average Bonchev–Trinajstić information content (AvgIpc) is 3.09. The molecule has 3 heterocycles. The zero-order chi connectivity index (χ0) is 18.1. The number of pyridine rings is 1. The SMILES string of the molecule is Cc1c(Cl)cncc1NC(=O)N1CCOCC1c1nc2ccccc2s1. The van der Waals surface area contributed by atoms with Crippen LogP contribution in [0, 0.1) is 6.92 Å². The number of carbonyl (C=O) groups is 1. The van der Waals surface area contributed by atoms with Crippen LogP contribution in [0.1, 0.15) is 16.6 Å². The number of hydrogen-bond acceptors (Lipinski definition) is 5. The van der Waals surface area contributed by atoms with Gasteiger partial charge >= 0.3 is 6.03 Å². The van der Waals surface area contributed by atoms with E-state index in [0.29, 0.717) is 30.5 Å². The van der Waals surface area contributed by atoms with E-state index in [1.54, 1.807) is 28.6 Å². The lowest BCUT2D eigenvalue weighted by atomic mass is 10.2. The zero-order valence-electron chi connectivity index (χ0n) is 14.1. The number of halogens is 1. The zero-order valence-corrected chi connectivity index (χ0v) is 15.7. The van der Waals surface area contributed by atoms with Gasteiger partial charge in [-0.15, -0.1) is 11.3 Å². The molecule has 8 heteroatoms. The molecule has 0 aliphatic carbocycles. The van der Waals surface area contributed by atoms with Crippen molar-refractivity contribution >= 4 is 44.9 Å². The summed E-state index contributed by atoms with van der Waals surface area (Å²) >= 11 is 7.69. The molecule has 134 valence electrons. The Bertz CT molecular complexity index is 928. The van der Waals surface area contributed by atoms with Gasteiger partial charge in [0.25, 0.3) is 0 Å². The fourth-order valence-electron chi connectivity index (χ4n) is 2.90. The molecule has 1 aliphatic heterocycles. The Balaban J connectivity index is 1.60. The van der Waals surface area contributed by atoms with E-state index < -0.39 is 0 Å². The van der Waals surface area contributed by atoms with Crippen LogP contribution in [0.25, 0.3) is 10.2 Å². The van der Waals surface area contributed by atoms with E-state index >= 15 is 0 Å². The molecule has 1 fully saturated rings. The molecule has 2 amide bonds. The molecule has 2 aromatic heterocycles. The van der Waals surface area contributed by atoms with E-state index in [2.05, 4.69) is 10.3 Å². The fourth-order valence-corrected chi connectivity index (χ4v) is 4.12. The van der Waals surface area contributed by atoms with Crippen LogP contribution in [0.15, 0.2) is 36.7 Å². The lowest BCUT2D eigenvalue weighted by Gasteiger charge is -2.34. The van der Waals surface area contributed by atoms with Gasteiger partial charge in [-0.25, -0.2) is 9.78 Å². The van der Waals surface area contributed by atoms with E-state index in [0.717, 1.165) is 20.8 Å².